The Bertz CT molecular complexity index is 1290. The van der Waals surface area contributed by atoms with Crippen molar-refractivity contribution in [3.05, 3.63) is 48.7 Å². The highest BCUT2D eigenvalue weighted by atomic mass is 32.2. The maximum atomic E-state index is 13.7. The quantitative estimate of drug-likeness (QED) is 0.467. The van der Waals surface area contributed by atoms with Gasteiger partial charge in [0, 0.05) is 30.7 Å². The number of nitrogens with zero attached hydrogens (tertiary/aromatic N) is 2. The highest BCUT2D eigenvalue weighted by Gasteiger charge is 2.32. The molecule has 34 heavy (non-hydrogen) atoms. The number of pyridine rings is 1. The van der Waals surface area contributed by atoms with Gasteiger partial charge in [0.2, 0.25) is 9.84 Å². The van der Waals surface area contributed by atoms with Gasteiger partial charge in [0.1, 0.15) is 4.90 Å². The van der Waals surface area contributed by atoms with Crippen LogP contribution in [-0.2, 0) is 19.4 Å². The molecule has 9 heteroatoms. The number of rotatable bonds is 7. The lowest BCUT2D eigenvalue weighted by Gasteiger charge is -2.35. The van der Waals surface area contributed by atoms with Gasteiger partial charge < -0.3 is 19.1 Å². The molecular formula is C25H28N2O6S. The zero-order valence-corrected chi connectivity index (χ0v) is 20.3. The van der Waals surface area contributed by atoms with Crippen LogP contribution >= 0.6 is 0 Å². The molecule has 0 bridgehead atoms. The van der Waals surface area contributed by atoms with E-state index in [0.29, 0.717) is 54.2 Å². The third kappa shape index (κ3) is 4.40. The van der Waals surface area contributed by atoms with Crippen LogP contribution in [0.2, 0.25) is 0 Å². The number of ether oxygens (including phenoxy) is 3. The summed E-state index contributed by atoms with van der Waals surface area (Å²) < 4.78 is 43.6. The third-order valence-electron chi connectivity index (χ3n) is 6.01. The highest BCUT2D eigenvalue weighted by molar-refractivity contribution is 7.91. The number of benzene rings is 2. The molecule has 180 valence electrons. The van der Waals surface area contributed by atoms with Crippen molar-refractivity contribution in [1.82, 2.24) is 4.98 Å². The standard InChI is InChI=1S/C25H28N2O6S/c1-4-33-25(28)17-9-8-12-27(16-17)24-19-13-21(31-2)22(32-3)14-20(19)26-15-23(24)34(29,30)18-10-6-5-7-11-18/h5-7,10-11,13-15,17H,4,8-9,12,16H2,1-3H3/t17-/m1/s1. The summed E-state index contributed by atoms with van der Waals surface area (Å²) in [5, 5.41) is 0.610. The van der Waals surface area contributed by atoms with Crippen molar-refractivity contribution in [3.8, 4) is 11.5 Å². The molecule has 1 aliphatic heterocycles. The van der Waals surface area contributed by atoms with Crippen molar-refractivity contribution in [2.24, 2.45) is 5.92 Å². The number of sulfone groups is 1. The monoisotopic (exact) mass is 484 g/mol. The largest absolute Gasteiger partial charge is 0.493 e. The molecule has 2 heterocycles. The number of hydrogen-bond acceptors (Lipinski definition) is 8. The normalized spacial score (nSPS) is 16.3. The van der Waals surface area contributed by atoms with Crippen LogP contribution in [0.15, 0.2) is 58.5 Å². The fraction of sp³-hybridized carbons (Fsp3) is 0.360. The lowest BCUT2D eigenvalue weighted by atomic mass is 9.97. The Morgan fingerprint density at radius 2 is 1.82 bits per heavy atom. The zero-order valence-electron chi connectivity index (χ0n) is 19.5. The molecule has 0 aliphatic carbocycles. The molecule has 0 spiro atoms. The molecule has 3 aromatic rings. The summed E-state index contributed by atoms with van der Waals surface area (Å²) in [5.41, 5.74) is 1.07. The minimum Gasteiger partial charge on any atom is -0.493 e. The van der Waals surface area contributed by atoms with E-state index < -0.39 is 9.84 Å². The number of piperidine rings is 1. The van der Waals surface area contributed by atoms with Gasteiger partial charge in [0.25, 0.3) is 0 Å². The summed E-state index contributed by atoms with van der Waals surface area (Å²) in [6, 6.07) is 11.7. The summed E-state index contributed by atoms with van der Waals surface area (Å²) in [5.74, 6) is 0.350. The molecule has 1 saturated heterocycles. The third-order valence-corrected chi connectivity index (χ3v) is 7.78. The van der Waals surface area contributed by atoms with Crippen molar-refractivity contribution in [3.63, 3.8) is 0 Å². The van der Waals surface area contributed by atoms with Crippen molar-refractivity contribution in [1.29, 1.82) is 0 Å². The molecule has 2 aromatic carbocycles. The van der Waals surface area contributed by atoms with Crippen molar-refractivity contribution < 1.29 is 27.4 Å². The number of methoxy groups -OCH3 is 2. The van der Waals surface area contributed by atoms with Crippen molar-refractivity contribution in [2.45, 2.75) is 29.6 Å². The predicted molar refractivity (Wildman–Crippen MR) is 128 cm³/mol. The zero-order chi connectivity index (χ0) is 24.3. The van der Waals surface area contributed by atoms with Crippen LogP contribution in [0.3, 0.4) is 0 Å². The lowest BCUT2D eigenvalue weighted by molar-refractivity contribution is -0.148. The van der Waals surface area contributed by atoms with E-state index in [4.69, 9.17) is 14.2 Å². The van der Waals surface area contributed by atoms with E-state index in [1.54, 1.807) is 49.4 Å². The second kappa shape index (κ2) is 9.89. The Morgan fingerprint density at radius 1 is 1.12 bits per heavy atom. The van der Waals surface area contributed by atoms with Gasteiger partial charge in [0.15, 0.2) is 11.5 Å². The molecule has 0 N–H and O–H groups in total. The molecular weight excluding hydrogens is 456 g/mol. The Balaban J connectivity index is 1.94. The van der Waals surface area contributed by atoms with E-state index in [1.165, 1.54) is 20.4 Å². The molecule has 1 aliphatic rings. The minimum absolute atomic E-state index is 0.0860. The van der Waals surface area contributed by atoms with Crippen LogP contribution in [-0.4, -0.2) is 53.3 Å². The molecule has 1 fully saturated rings. The first kappa shape index (κ1) is 23.8. The molecule has 0 saturated carbocycles. The van der Waals surface area contributed by atoms with E-state index in [0.717, 1.165) is 6.42 Å². The molecule has 1 aromatic heterocycles. The topological polar surface area (TPSA) is 95.0 Å². The highest BCUT2D eigenvalue weighted by Crippen LogP contribution is 2.41. The van der Waals surface area contributed by atoms with Crippen molar-refractivity contribution in [2.75, 3.05) is 38.8 Å². The van der Waals surface area contributed by atoms with E-state index in [2.05, 4.69) is 4.98 Å². The Labute approximate surface area is 199 Å². The van der Waals surface area contributed by atoms with Gasteiger partial charge in [-0.25, -0.2) is 8.42 Å². The first-order chi connectivity index (χ1) is 16.4. The number of anilines is 1. The fourth-order valence-electron chi connectivity index (χ4n) is 4.37. The molecule has 0 radical (unpaired) electrons. The first-order valence-corrected chi connectivity index (χ1v) is 12.7. The van der Waals surface area contributed by atoms with Crippen molar-refractivity contribution >= 4 is 32.4 Å². The molecule has 1 atom stereocenters. The van der Waals surface area contributed by atoms with Crippen LogP contribution in [0.25, 0.3) is 10.9 Å². The number of carbonyl (C=O) groups excluding carboxylic acids is 1. The van der Waals surface area contributed by atoms with E-state index in [9.17, 15) is 13.2 Å². The lowest BCUT2D eigenvalue weighted by Crippen LogP contribution is -2.40. The second-order valence-electron chi connectivity index (χ2n) is 8.05. The summed E-state index contributed by atoms with van der Waals surface area (Å²) in [7, 11) is -0.824. The predicted octanol–water partition coefficient (Wildman–Crippen LogP) is 3.86. The summed E-state index contributed by atoms with van der Waals surface area (Å²) in [6.45, 7) is 3.03. The Kier molecular flexibility index (Phi) is 6.92. The smallest absolute Gasteiger partial charge is 0.310 e. The Hall–Kier alpha value is -3.33. The van der Waals surface area contributed by atoms with Gasteiger partial charge in [-0.15, -0.1) is 0 Å². The van der Waals surface area contributed by atoms with E-state index in [-0.39, 0.29) is 21.7 Å². The maximum absolute atomic E-state index is 13.7. The molecule has 0 unspecified atom stereocenters. The van der Waals surface area contributed by atoms with Gasteiger partial charge in [0.05, 0.1) is 42.8 Å². The number of carbonyl (C=O) groups is 1. The number of aromatic nitrogens is 1. The van der Waals surface area contributed by atoms with Crippen LogP contribution < -0.4 is 14.4 Å². The number of hydrogen-bond donors (Lipinski definition) is 0. The van der Waals surface area contributed by atoms with Crippen LogP contribution in [0, 0.1) is 5.92 Å². The molecule has 4 rings (SSSR count). The molecule has 8 nitrogen and oxygen atoms in total. The second-order valence-corrected chi connectivity index (χ2v) is 9.97. The van der Waals surface area contributed by atoms with Gasteiger partial charge >= 0.3 is 5.97 Å². The SMILES string of the molecule is CCOC(=O)[C@@H]1CCCN(c2c(S(=O)(=O)c3ccccc3)cnc3cc(OC)c(OC)cc23)C1. The van der Waals surface area contributed by atoms with E-state index in [1.807, 2.05) is 4.90 Å². The van der Waals surface area contributed by atoms with Crippen LogP contribution in [0.1, 0.15) is 19.8 Å². The first-order valence-electron chi connectivity index (χ1n) is 11.2. The van der Waals surface area contributed by atoms with Gasteiger partial charge in [-0.3, -0.25) is 9.78 Å². The van der Waals surface area contributed by atoms with Gasteiger partial charge in [-0.2, -0.15) is 0 Å². The maximum Gasteiger partial charge on any atom is 0.310 e. The Morgan fingerprint density at radius 3 is 2.50 bits per heavy atom. The summed E-state index contributed by atoms with van der Waals surface area (Å²) in [4.78, 5) is 19.2. The summed E-state index contributed by atoms with van der Waals surface area (Å²) >= 11 is 0. The van der Waals surface area contributed by atoms with E-state index >= 15 is 0 Å². The van der Waals surface area contributed by atoms with Gasteiger partial charge in [-0.05, 0) is 38.0 Å². The molecule has 0 amide bonds. The van der Waals surface area contributed by atoms with Gasteiger partial charge in [-0.1, -0.05) is 18.2 Å². The fourth-order valence-corrected chi connectivity index (χ4v) is 5.82. The van der Waals surface area contributed by atoms with Crippen LogP contribution in [0.5, 0.6) is 11.5 Å². The average Bonchev–Trinajstić information content (AvgIpc) is 2.87. The number of esters is 1. The van der Waals surface area contributed by atoms with Crippen LogP contribution in [0.4, 0.5) is 5.69 Å². The number of fused-ring (bicyclic) bond motifs is 1. The average molecular weight is 485 g/mol. The summed E-state index contributed by atoms with van der Waals surface area (Å²) in [6.07, 6.45) is 2.81. The minimum atomic E-state index is -3.89.